The van der Waals surface area contributed by atoms with Crippen molar-refractivity contribution in [2.24, 2.45) is 0 Å². The minimum Gasteiger partial charge on any atom is -0.449 e. The van der Waals surface area contributed by atoms with Gasteiger partial charge >= 0.3 is 0 Å². The molecule has 3 heterocycles. The fraction of sp³-hybridized carbons (Fsp3) is 0.0169. The summed E-state index contributed by atoms with van der Waals surface area (Å²) in [6.45, 7) is 0. The molecule has 0 bridgehead atoms. The molecule has 2 aliphatic rings. The van der Waals surface area contributed by atoms with Crippen molar-refractivity contribution in [1.29, 1.82) is 0 Å². The van der Waals surface area contributed by atoms with E-state index >= 15 is 0 Å². The average molecular weight is 837 g/mol. The second-order valence-corrected chi connectivity index (χ2v) is 17.5. The van der Waals surface area contributed by atoms with Gasteiger partial charge in [0.15, 0.2) is 28.8 Å². The van der Waals surface area contributed by atoms with E-state index in [0.717, 1.165) is 56.1 Å². The minimum atomic E-state index is -0.549. The summed E-state index contributed by atoms with van der Waals surface area (Å²) in [5.74, 6) is 3.42. The normalized spacial score (nSPS) is 13.1. The molecule has 300 valence electrons. The molecule has 0 N–H and O–H groups in total. The van der Waals surface area contributed by atoms with E-state index in [1.54, 1.807) is 0 Å². The smallest absolute Gasteiger partial charge is 0.178 e. The molecule has 0 fully saturated rings. The van der Waals surface area contributed by atoms with Gasteiger partial charge in [-0.05, 0) is 75.3 Å². The summed E-state index contributed by atoms with van der Waals surface area (Å²) in [7, 11) is 0. The van der Waals surface area contributed by atoms with Crippen LogP contribution < -0.4 is 9.47 Å². The van der Waals surface area contributed by atoms with Crippen LogP contribution in [0.5, 0.6) is 23.0 Å². The Labute approximate surface area is 374 Å². The molecule has 0 spiro atoms. The van der Waals surface area contributed by atoms with E-state index in [9.17, 15) is 0 Å². The van der Waals surface area contributed by atoms with E-state index in [0.29, 0.717) is 23.1 Å². The monoisotopic (exact) mass is 836 g/mol. The van der Waals surface area contributed by atoms with Crippen LogP contribution in [0.15, 0.2) is 218 Å². The van der Waals surface area contributed by atoms with Gasteiger partial charge in [-0.1, -0.05) is 182 Å². The summed E-state index contributed by atoms with van der Waals surface area (Å²) in [5.41, 5.74) is 13.1. The Morgan fingerprint density at radius 2 is 1.00 bits per heavy atom. The van der Waals surface area contributed by atoms with Gasteiger partial charge in [0.05, 0.1) is 16.8 Å². The fourth-order valence-electron chi connectivity index (χ4n) is 10.0. The lowest BCUT2D eigenvalue weighted by Gasteiger charge is -2.34. The van der Waals surface area contributed by atoms with Crippen LogP contribution in [0, 0.1) is 0 Å². The number of ether oxygens (including phenoxy) is 2. The minimum absolute atomic E-state index is 0.549. The molecule has 0 atom stereocenters. The Morgan fingerprint density at radius 3 is 1.80 bits per heavy atom. The Kier molecular flexibility index (Phi) is 8.27. The van der Waals surface area contributed by atoms with Crippen LogP contribution in [0.3, 0.4) is 0 Å². The van der Waals surface area contributed by atoms with Crippen LogP contribution in [0.1, 0.15) is 22.3 Å². The summed E-state index contributed by atoms with van der Waals surface area (Å²) in [6, 6.07) is 77.0. The maximum atomic E-state index is 7.11. The number of aromatic nitrogens is 2. The molecule has 13 rings (SSSR count). The van der Waals surface area contributed by atoms with E-state index in [2.05, 4.69) is 194 Å². The van der Waals surface area contributed by atoms with Crippen molar-refractivity contribution < 1.29 is 9.47 Å². The molecule has 11 aromatic rings. The lowest BCUT2D eigenvalue weighted by molar-refractivity contribution is 0.360. The van der Waals surface area contributed by atoms with Crippen molar-refractivity contribution in [3.63, 3.8) is 0 Å². The predicted octanol–water partition coefficient (Wildman–Crippen LogP) is 15.8. The molecule has 0 amide bonds. The van der Waals surface area contributed by atoms with Crippen LogP contribution in [0.2, 0.25) is 0 Å². The van der Waals surface area contributed by atoms with Crippen molar-refractivity contribution in [3.8, 4) is 79.2 Å². The lowest BCUT2D eigenvalue weighted by Crippen LogP contribution is -2.28. The first-order chi connectivity index (χ1) is 31.7. The molecule has 1 aliphatic heterocycles. The molecule has 4 nitrogen and oxygen atoms in total. The van der Waals surface area contributed by atoms with Crippen LogP contribution >= 0.6 is 11.3 Å². The molecule has 64 heavy (non-hydrogen) atoms. The van der Waals surface area contributed by atoms with Crippen LogP contribution in [0.25, 0.3) is 76.3 Å². The van der Waals surface area contributed by atoms with Gasteiger partial charge in [-0.3, -0.25) is 0 Å². The third-order valence-corrected chi connectivity index (χ3v) is 14.0. The summed E-state index contributed by atoms with van der Waals surface area (Å²) in [4.78, 5) is 10.5. The van der Waals surface area contributed by atoms with Gasteiger partial charge in [0.25, 0.3) is 0 Å². The zero-order valence-electron chi connectivity index (χ0n) is 34.4. The molecule has 9 aromatic carbocycles. The fourth-order valence-corrected chi connectivity index (χ4v) is 11.2. The Bertz CT molecular complexity index is 3580. The van der Waals surface area contributed by atoms with Crippen LogP contribution in [-0.4, -0.2) is 9.97 Å². The third kappa shape index (κ3) is 5.61. The number of benzene rings is 9. The summed E-state index contributed by atoms with van der Waals surface area (Å²) in [6.07, 6.45) is 0. The second-order valence-electron chi connectivity index (χ2n) is 16.4. The molecule has 0 unspecified atom stereocenters. The Balaban J connectivity index is 0.938. The first-order valence-electron chi connectivity index (χ1n) is 21.5. The number of thiophene rings is 1. The highest BCUT2D eigenvalue weighted by molar-refractivity contribution is 7.25. The molecule has 1 aliphatic carbocycles. The number of rotatable bonds is 6. The third-order valence-electron chi connectivity index (χ3n) is 12.9. The summed E-state index contributed by atoms with van der Waals surface area (Å²) >= 11 is 1.81. The summed E-state index contributed by atoms with van der Waals surface area (Å²) < 4.78 is 16.4. The maximum Gasteiger partial charge on any atom is 0.178 e. The van der Waals surface area contributed by atoms with Crippen molar-refractivity contribution in [3.05, 3.63) is 241 Å². The molecule has 0 saturated carbocycles. The molecule has 0 radical (unpaired) electrons. The number of hydrogen-bond donors (Lipinski definition) is 0. The van der Waals surface area contributed by atoms with E-state index in [-0.39, 0.29) is 0 Å². The molecular weight excluding hydrogens is 801 g/mol. The zero-order valence-corrected chi connectivity index (χ0v) is 35.2. The standard InChI is InChI=1S/C59H36N2O2S/c1-4-16-37(17-5-1)58-60-49(39-28-30-45-44-24-13-15-27-54(44)64-55(45)35-39)36-50(61-58)43-23-11-10-22-42(43)38-29-32-51-53(34-38)63-57-52(62-51)33-31-48-56(57)46-25-12-14-26-47(46)59(48,40-18-6-2-7-19-40)41-20-8-3-9-21-41/h1-36H. The van der Waals surface area contributed by atoms with E-state index < -0.39 is 5.41 Å². The van der Waals surface area contributed by atoms with Gasteiger partial charge in [0, 0.05) is 42.4 Å². The van der Waals surface area contributed by atoms with Gasteiger partial charge in [0.2, 0.25) is 0 Å². The highest BCUT2D eigenvalue weighted by atomic mass is 32.1. The van der Waals surface area contributed by atoms with E-state index in [4.69, 9.17) is 19.4 Å². The lowest BCUT2D eigenvalue weighted by atomic mass is 9.68. The quantitative estimate of drug-likeness (QED) is 0.167. The molecule has 0 saturated heterocycles. The topological polar surface area (TPSA) is 44.2 Å². The van der Waals surface area contributed by atoms with Crippen molar-refractivity contribution in [2.75, 3.05) is 0 Å². The zero-order chi connectivity index (χ0) is 42.2. The second kappa shape index (κ2) is 14.5. The van der Waals surface area contributed by atoms with Crippen molar-refractivity contribution in [2.45, 2.75) is 5.41 Å². The number of nitrogens with zero attached hydrogens (tertiary/aromatic N) is 2. The highest BCUT2D eigenvalue weighted by Crippen LogP contribution is 2.62. The highest BCUT2D eigenvalue weighted by Gasteiger charge is 2.48. The maximum absolute atomic E-state index is 7.11. The molecule has 5 heteroatoms. The van der Waals surface area contributed by atoms with Gasteiger partial charge in [-0.2, -0.15) is 0 Å². The first kappa shape index (κ1) is 36.5. The SMILES string of the molecule is c1ccc(-c2nc(-c3ccc4c(c3)sc3ccccc34)cc(-c3ccccc3-c3ccc4c(c3)Oc3c(ccc5c3-c3ccccc3C5(c3ccccc3)c3ccccc3)O4)n2)cc1. The predicted molar refractivity (Wildman–Crippen MR) is 261 cm³/mol. The first-order valence-corrected chi connectivity index (χ1v) is 22.4. The number of hydrogen-bond acceptors (Lipinski definition) is 5. The Morgan fingerprint density at radius 1 is 0.375 bits per heavy atom. The van der Waals surface area contributed by atoms with Crippen molar-refractivity contribution >= 4 is 31.5 Å². The molecule has 2 aromatic heterocycles. The van der Waals surface area contributed by atoms with E-state index in [1.807, 2.05) is 35.6 Å². The Hall–Kier alpha value is -8.12. The van der Waals surface area contributed by atoms with Crippen molar-refractivity contribution in [1.82, 2.24) is 9.97 Å². The van der Waals surface area contributed by atoms with Gasteiger partial charge in [0.1, 0.15) is 0 Å². The van der Waals surface area contributed by atoms with Gasteiger partial charge in [-0.25, -0.2) is 9.97 Å². The van der Waals surface area contributed by atoms with Crippen LogP contribution in [0.4, 0.5) is 0 Å². The summed E-state index contributed by atoms with van der Waals surface area (Å²) in [5, 5.41) is 2.54. The average Bonchev–Trinajstić information content (AvgIpc) is 3.90. The molecular formula is C59H36N2O2S. The van der Waals surface area contributed by atoms with Gasteiger partial charge < -0.3 is 9.47 Å². The largest absolute Gasteiger partial charge is 0.449 e. The number of fused-ring (bicyclic) bond motifs is 9. The van der Waals surface area contributed by atoms with Crippen LogP contribution in [-0.2, 0) is 5.41 Å². The van der Waals surface area contributed by atoms with Gasteiger partial charge in [-0.15, -0.1) is 11.3 Å². The van der Waals surface area contributed by atoms with E-state index in [1.165, 1.54) is 42.4 Å².